The van der Waals surface area contributed by atoms with Crippen molar-refractivity contribution in [3.8, 4) is 5.75 Å². The number of carbonyl (C=O) groups excluding carboxylic acids is 2. The van der Waals surface area contributed by atoms with Gasteiger partial charge in [-0.15, -0.1) is 0 Å². The summed E-state index contributed by atoms with van der Waals surface area (Å²) in [7, 11) is 0. The summed E-state index contributed by atoms with van der Waals surface area (Å²) in [6.45, 7) is 5.73. The van der Waals surface area contributed by atoms with Crippen molar-refractivity contribution in [1.29, 1.82) is 0 Å². The molecule has 1 aromatic heterocycles. The second-order valence-electron chi connectivity index (χ2n) is 8.50. The maximum absolute atomic E-state index is 12.3. The smallest absolute Gasteiger partial charge is 0.224 e. The maximum Gasteiger partial charge on any atom is 0.224 e. The summed E-state index contributed by atoms with van der Waals surface area (Å²) in [5.41, 5.74) is 6.32. The highest BCUT2D eigenvalue weighted by molar-refractivity contribution is 5.94. The average molecular weight is 447 g/mol. The fourth-order valence-electron chi connectivity index (χ4n) is 4.01. The molecule has 0 saturated heterocycles. The van der Waals surface area contributed by atoms with Gasteiger partial charge in [-0.1, -0.05) is 24.3 Å². The first-order valence-corrected chi connectivity index (χ1v) is 11.4. The van der Waals surface area contributed by atoms with E-state index in [4.69, 9.17) is 4.74 Å². The van der Waals surface area contributed by atoms with Crippen LogP contribution in [0.15, 0.2) is 48.5 Å². The minimum Gasteiger partial charge on any atom is -0.494 e. The van der Waals surface area contributed by atoms with Crippen LogP contribution in [0.3, 0.4) is 0 Å². The van der Waals surface area contributed by atoms with Crippen LogP contribution in [-0.4, -0.2) is 28.2 Å². The molecule has 172 valence electrons. The topological polar surface area (TPSA) is 85.2 Å². The zero-order valence-corrected chi connectivity index (χ0v) is 19.2. The van der Waals surface area contributed by atoms with Gasteiger partial charge in [0.1, 0.15) is 5.75 Å². The molecular weight excluding hydrogens is 416 g/mol. The molecule has 2 heterocycles. The number of aromatic nitrogens is 2. The molecule has 4 rings (SSSR count). The van der Waals surface area contributed by atoms with E-state index >= 15 is 0 Å². The van der Waals surface area contributed by atoms with Crippen molar-refractivity contribution in [3.05, 3.63) is 76.6 Å². The largest absolute Gasteiger partial charge is 0.494 e. The van der Waals surface area contributed by atoms with Crippen LogP contribution in [0.25, 0.3) is 0 Å². The zero-order valence-electron chi connectivity index (χ0n) is 19.2. The molecule has 0 spiro atoms. The standard InChI is InChI=1S/C26H30N4O3/c1-18-13-19(2)30(29-18)17-21-6-3-5-20(14-21)16-27-25(31)7-4-12-33-23-9-10-24-22(15-23)8-11-26(32)28-24/h3,5-6,9-10,13-15H,4,7-8,11-12,16-17H2,1-2H3,(H,27,31)(H,28,32). The van der Waals surface area contributed by atoms with E-state index in [9.17, 15) is 9.59 Å². The fourth-order valence-corrected chi connectivity index (χ4v) is 4.01. The third-order valence-electron chi connectivity index (χ3n) is 5.71. The number of rotatable bonds is 9. The van der Waals surface area contributed by atoms with Crippen LogP contribution in [-0.2, 0) is 29.1 Å². The Morgan fingerprint density at radius 3 is 2.79 bits per heavy atom. The molecule has 0 fully saturated rings. The van der Waals surface area contributed by atoms with Crippen LogP contribution in [0.4, 0.5) is 5.69 Å². The van der Waals surface area contributed by atoms with Crippen molar-refractivity contribution in [2.24, 2.45) is 0 Å². The number of amides is 2. The first-order valence-electron chi connectivity index (χ1n) is 11.4. The molecule has 2 N–H and O–H groups in total. The second-order valence-corrected chi connectivity index (χ2v) is 8.50. The van der Waals surface area contributed by atoms with Gasteiger partial charge < -0.3 is 15.4 Å². The predicted octanol–water partition coefficient (Wildman–Crippen LogP) is 3.91. The lowest BCUT2D eigenvalue weighted by Gasteiger charge is -2.17. The molecule has 1 aliphatic rings. The van der Waals surface area contributed by atoms with Gasteiger partial charge in [-0.2, -0.15) is 5.10 Å². The summed E-state index contributed by atoms with van der Waals surface area (Å²) in [6, 6.07) is 16.0. The lowest BCUT2D eigenvalue weighted by Crippen LogP contribution is -2.23. The number of benzene rings is 2. The van der Waals surface area contributed by atoms with Crippen LogP contribution in [0.5, 0.6) is 5.75 Å². The molecule has 0 saturated carbocycles. The van der Waals surface area contributed by atoms with E-state index < -0.39 is 0 Å². The summed E-state index contributed by atoms with van der Waals surface area (Å²) in [5.74, 6) is 0.831. The molecule has 1 aliphatic heterocycles. The Morgan fingerprint density at radius 2 is 1.97 bits per heavy atom. The Morgan fingerprint density at radius 1 is 1.12 bits per heavy atom. The Balaban J connectivity index is 1.19. The van der Waals surface area contributed by atoms with Gasteiger partial charge in [0.05, 0.1) is 18.8 Å². The van der Waals surface area contributed by atoms with Gasteiger partial charge in [0.2, 0.25) is 11.8 Å². The zero-order chi connectivity index (χ0) is 23.2. The molecule has 7 heteroatoms. The third kappa shape index (κ3) is 6.22. The Labute approximate surface area is 194 Å². The van der Waals surface area contributed by atoms with Crippen LogP contribution in [0.1, 0.15) is 47.3 Å². The van der Waals surface area contributed by atoms with Crippen molar-refractivity contribution < 1.29 is 14.3 Å². The molecule has 0 bridgehead atoms. The molecule has 0 radical (unpaired) electrons. The minimum atomic E-state index is 0.00991. The summed E-state index contributed by atoms with van der Waals surface area (Å²) in [6.07, 6.45) is 2.27. The van der Waals surface area contributed by atoms with E-state index in [0.29, 0.717) is 39.0 Å². The van der Waals surface area contributed by atoms with Gasteiger partial charge in [0.25, 0.3) is 0 Å². The summed E-state index contributed by atoms with van der Waals surface area (Å²) >= 11 is 0. The number of aryl methyl sites for hydroxylation is 3. The lowest BCUT2D eigenvalue weighted by molar-refractivity contribution is -0.121. The molecule has 7 nitrogen and oxygen atoms in total. The van der Waals surface area contributed by atoms with E-state index in [1.807, 2.05) is 41.9 Å². The first-order chi connectivity index (χ1) is 16.0. The molecule has 0 unspecified atom stereocenters. The molecular formula is C26H30N4O3. The van der Waals surface area contributed by atoms with E-state index in [2.05, 4.69) is 40.9 Å². The highest BCUT2D eigenvalue weighted by Gasteiger charge is 2.15. The van der Waals surface area contributed by atoms with Crippen LogP contribution >= 0.6 is 0 Å². The van der Waals surface area contributed by atoms with Gasteiger partial charge in [-0.25, -0.2) is 0 Å². The maximum atomic E-state index is 12.3. The highest BCUT2D eigenvalue weighted by Crippen LogP contribution is 2.26. The Bertz CT molecular complexity index is 1150. The van der Waals surface area contributed by atoms with Gasteiger partial charge in [0.15, 0.2) is 0 Å². The monoisotopic (exact) mass is 446 g/mol. The number of fused-ring (bicyclic) bond motifs is 1. The average Bonchev–Trinajstić information content (AvgIpc) is 3.12. The SMILES string of the molecule is Cc1cc(C)n(Cc2cccc(CNC(=O)CCCOc3ccc4c(c3)CCC(=O)N4)c2)n1. The number of carbonyl (C=O) groups is 2. The summed E-state index contributed by atoms with van der Waals surface area (Å²) in [4.78, 5) is 23.7. The Hall–Kier alpha value is -3.61. The van der Waals surface area contributed by atoms with E-state index in [0.717, 1.165) is 45.9 Å². The van der Waals surface area contributed by atoms with Gasteiger partial charge >= 0.3 is 0 Å². The highest BCUT2D eigenvalue weighted by atomic mass is 16.5. The Kier molecular flexibility index (Phi) is 7.07. The van der Waals surface area contributed by atoms with E-state index in [1.54, 1.807) is 0 Å². The van der Waals surface area contributed by atoms with Gasteiger partial charge in [0, 0.05) is 30.8 Å². The number of nitrogens with one attached hydrogen (secondary N) is 2. The number of nitrogens with zero attached hydrogens (tertiary/aromatic N) is 2. The molecule has 3 aromatic rings. The molecule has 0 atom stereocenters. The van der Waals surface area contributed by atoms with Crippen LogP contribution in [0.2, 0.25) is 0 Å². The van der Waals surface area contributed by atoms with Crippen molar-refractivity contribution in [3.63, 3.8) is 0 Å². The summed E-state index contributed by atoms with van der Waals surface area (Å²) in [5, 5.41) is 10.4. The number of ether oxygens (including phenoxy) is 1. The molecule has 2 amide bonds. The van der Waals surface area contributed by atoms with Crippen molar-refractivity contribution >= 4 is 17.5 Å². The molecule has 2 aromatic carbocycles. The van der Waals surface area contributed by atoms with E-state index in [-0.39, 0.29) is 11.8 Å². The van der Waals surface area contributed by atoms with Crippen molar-refractivity contribution in [1.82, 2.24) is 15.1 Å². The first kappa shape index (κ1) is 22.6. The minimum absolute atomic E-state index is 0.00991. The normalized spacial score (nSPS) is 12.7. The number of anilines is 1. The quantitative estimate of drug-likeness (QED) is 0.488. The fraction of sp³-hybridized carbons (Fsp3) is 0.346. The van der Waals surface area contributed by atoms with Crippen LogP contribution < -0.4 is 15.4 Å². The molecule has 33 heavy (non-hydrogen) atoms. The molecule has 0 aliphatic carbocycles. The number of hydrogen-bond acceptors (Lipinski definition) is 4. The number of hydrogen-bond donors (Lipinski definition) is 2. The predicted molar refractivity (Wildman–Crippen MR) is 127 cm³/mol. The second kappa shape index (κ2) is 10.3. The van der Waals surface area contributed by atoms with Gasteiger partial charge in [-0.3, -0.25) is 14.3 Å². The lowest BCUT2D eigenvalue weighted by atomic mass is 10.0. The summed E-state index contributed by atoms with van der Waals surface area (Å²) < 4.78 is 7.79. The van der Waals surface area contributed by atoms with Crippen LogP contribution in [0, 0.1) is 13.8 Å². The van der Waals surface area contributed by atoms with Crippen molar-refractivity contribution in [2.45, 2.75) is 52.6 Å². The van der Waals surface area contributed by atoms with Gasteiger partial charge in [-0.05, 0) is 67.6 Å². The van der Waals surface area contributed by atoms with E-state index in [1.165, 1.54) is 0 Å². The third-order valence-corrected chi connectivity index (χ3v) is 5.71. The van der Waals surface area contributed by atoms with Crippen molar-refractivity contribution in [2.75, 3.05) is 11.9 Å².